The van der Waals surface area contributed by atoms with Gasteiger partial charge in [0, 0.05) is 0 Å². The molecule has 1 saturated carbocycles. The minimum atomic E-state index is -0.929. The molecule has 1 aliphatic heterocycles. The highest BCUT2D eigenvalue weighted by Gasteiger charge is 2.56. The molecule has 0 aromatic heterocycles. The molecule has 0 spiro atoms. The Hall–Kier alpha value is -2.08. The van der Waals surface area contributed by atoms with Crippen LogP contribution in [0.4, 0.5) is 4.79 Å². The first-order chi connectivity index (χ1) is 11.3. The Kier molecular flexibility index (Phi) is 4.25. The lowest BCUT2D eigenvalue weighted by Crippen LogP contribution is -2.46. The maximum atomic E-state index is 12.5. The number of aliphatic hydroxyl groups excluding tert-OH is 1. The lowest BCUT2D eigenvalue weighted by Gasteiger charge is -2.22. The zero-order valence-corrected chi connectivity index (χ0v) is 14.3. The minimum Gasteiger partial charge on any atom is -0.491 e. The van der Waals surface area contributed by atoms with Gasteiger partial charge in [-0.15, -0.1) is 0 Å². The minimum absolute atomic E-state index is 0.0279. The highest BCUT2D eigenvalue weighted by atomic mass is 16.5. The molecule has 1 aromatic carbocycles. The molecule has 6 heteroatoms. The van der Waals surface area contributed by atoms with Crippen molar-refractivity contribution in [3.63, 3.8) is 0 Å². The molecule has 1 saturated heterocycles. The van der Waals surface area contributed by atoms with Crippen LogP contribution in [-0.2, 0) is 4.79 Å². The lowest BCUT2D eigenvalue weighted by atomic mass is 9.96. The van der Waals surface area contributed by atoms with Crippen LogP contribution in [0.3, 0.4) is 0 Å². The predicted molar refractivity (Wildman–Crippen MR) is 88.8 cm³/mol. The van der Waals surface area contributed by atoms with Crippen LogP contribution in [0.5, 0.6) is 5.75 Å². The van der Waals surface area contributed by atoms with Gasteiger partial charge in [-0.2, -0.15) is 0 Å². The summed E-state index contributed by atoms with van der Waals surface area (Å²) in [5.41, 5.74) is 1.34. The van der Waals surface area contributed by atoms with Crippen molar-refractivity contribution in [2.24, 2.45) is 5.92 Å². The standard InChI is InChI=1S/C18H24N2O4/c1-11-6-12(2)8-15(7-11)24-10-14(21)9-20-16(22)18(3,13-4-5-13)19-17(20)23/h6-8,13-14,21H,4-5,9-10H2,1-3H3,(H,19,23)/t14-,18-/m0/s1. The van der Waals surface area contributed by atoms with Crippen molar-refractivity contribution in [2.45, 2.75) is 45.3 Å². The summed E-state index contributed by atoms with van der Waals surface area (Å²) in [6, 6.07) is 5.38. The quantitative estimate of drug-likeness (QED) is 0.778. The number of nitrogens with zero attached hydrogens (tertiary/aromatic N) is 1. The van der Waals surface area contributed by atoms with Crippen molar-refractivity contribution >= 4 is 11.9 Å². The third-order valence-electron chi connectivity index (χ3n) is 4.73. The molecule has 1 aliphatic carbocycles. The van der Waals surface area contributed by atoms with E-state index in [0.717, 1.165) is 28.9 Å². The molecule has 24 heavy (non-hydrogen) atoms. The number of hydrogen-bond acceptors (Lipinski definition) is 4. The molecule has 3 amide bonds. The van der Waals surface area contributed by atoms with Gasteiger partial charge < -0.3 is 15.2 Å². The Labute approximate surface area is 141 Å². The Balaban J connectivity index is 1.57. The van der Waals surface area contributed by atoms with Gasteiger partial charge >= 0.3 is 6.03 Å². The van der Waals surface area contributed by atoms with Crippen LogP contribution in [0.2, 0.25) is 0 Å². The van der Waals surface area contributed by atoms with Crippen LogP contribution in [0.25, 0.3) is 0 Å². The highest BCUT2D eigenvalue weighted by Crippen LogP contribution is 2.42. The lowest BCUT2D eigenvalue weighted by molar-refractivity contribution is -0.132. The van der Waals surface area contributed by atoms with Crippen LogP contribution in [0, 0.1) is 19.8 Å². The van der Waals surface area contributed by atoms with E-state index in [1.54, 1.807) is 6.92 Å². The van der Waals surface area contributed by atoms with Gasteiger partial charge in [-0.3, -0.25) is 9.69 Å². The highest BCUT2D eigenvalue weighted by molar-refractivity contribution is 6.07. The number of carbonyl (C=O) groups is 2. The first kappa shape index (κ1) is 16.8. The van der Waals surface area contributed by atoms with E-state index in [4.69, 9.17) is 4.74 Å². The number of rotatable bonds is 6. The summed E-state index contributed by atoms with van der Waals surface area (Å²) >= 11 is 0. The second-order valence-electron chi connectivity index (χ2n) is 7.11. The SMILES string of the molecule is Cc1cc(C)cc(OC[C@@H](O)CN2C(=O)N[C@@](C)(C3CC3)C2=O)c1. The first-order valence-corrected chi connectivity index (χ1v) is 8.33. The monoisotopic (exact) mass is 332 g/mol. The van der Waals surface area contributed by atoms with Crippen molar-refractivity contribution in [3.05, 3.63) is 29.3 Å². The summed E-state index contributed by atoms with van der Waals surface area (Å²) in [5, 5.41) is 12.9. The number of carbonyl (C=O) groups excluding carboxylic acids is 2. The number of ether oxygens (including phenoxy) is 1. The fourth-order valence-corrected chi connectivity index (χ4v) is 3.29. The summed E-state index contributed by atoms with van der Waals surface area (Å²) in [6.07, 6.45) is 0.978. The maximum absolute atomic E-state index is 12.5. The fourth-order valence-electron chi connectivity index (χ4n) is 3.29. The van der Waals surface area contributed by atoms with Crippen molar-refractivity contribution in [1.29, 1.82) is 0 Å². The average molecular weight is 332 g/mol. The summed E-state index contributed by atoms with van der Waals surface area (Å²) in [6.45, 7) is 5.69. The van der Waals surface area contributed by atoms with Gasteiger partial charge in [0.2, 0.25) is 0 Å². The van der Waals surface area contributed by atoms with Gasteiger partial charge in [0.05, 0.1) is 6.54 Å². The largest absolute Gasteiger partial charge is 0.491 e. The van der Waals surface area contributed by atoms with Gasteiger partial charge in [0.1, 0.15) is 24.0 Å². The van der Waals surface area contributed by atoms with E-state index in [-0.39, 0.29) is 25.0 Å². The third kappa shape index (κ3) is 3.24. The van der Waals surface area contributed by atoms with Crippen molar-refractivity contribution in [1.82, 2.24) is 10.2 Å². The number of imide groups is 1. The van der Waals surface area contributed by atoms with Gasteiger partial charge in [0.15, 0.2) is 0 Å². The maximum Gasteiger partial charge on any atom is 0.325 e. The summed E-state index contributed by atoms with van der Waals surface area (Å²) in [4.78, 5) is 25.7. The molecule has 3 rings (SSSR count). The van der Waals surface area contributed by atoms with Gasteiger partial charge in [-0.05, 0) is 62.8 Å². The van der Waals surface area contributed by atoms with E-state index in [1.165, 1.54) is 0 Å². The Bertz CT molecular complexity index is 651. The molecule has 0 radical (unpaired) electrons. The molecule has 6 nitrogen and oxygen atoms in total. The number of benzene rings is 1. The zero-order valence-electron chi connectivity index (χ0n) is 14.3. The Morgan fingerprint density at radius 1 is 1.29 bits per heavy atom. The smallest absolute Gasteiger partial charge is 0.325 e. The fraction of sp³-hybridized carbons (Fsp3) is 0.556. The molecule has 130 valence electrons. The van der Waals surface area contributed by atoms with E-state index in [0.29, 0.717) is 5.75 Å². The molecular formula is C18H24N2O4. The molecule has 0 unspecified atom stereocenters. The molecule has 0 bridgehead atoms. The van der Waals surface area contributed by atoms with Crippen LogP contribution in [0.15, 0.2) is 18.2 Å². The number of aliphatic hydroxyl groups is 1. The second kappa shape index (κ2) is 6.09. The number of nitrogens with one attached hydrogen (secondary N) is 1. The number of β-amino-alcohol motifs (C(OH)–C–C–N with tert-alkyl or cyclic N) is 1. The van der Waals surface area contributed by atoms with E-state index in [9.17, 15) is 14.7 Å². The Morgan fingerprint density at radius 2 is 1.92 bits per heavy atom. The van der Waals surface area contributed by atoms with Crippen molar-refractivity contribution in [2.75, 3.05) is 13.2 Å². The van der Waals surface area contributed by atoms with Gasteiger partial charge in [-0.25, -0.2) is 4.79 Å². The number of aryl methyl sites for hydroxylation is 2. The normalized spacial score (nSPS) is 24.9. The number of urea groups is 1. The first-order valence-electron chi connectivity index (χ1n) is 8.33. The molecule has 1 aromatic rings. The molecule has 2 fully saturated rings. The summed E-state index contributed by atoms with van der Waals surface area (Å²) in [7, 11) is 0. The van der Waals surface area contributed by atoms with Crippen LogP contribution in [0.1, 0.15) is 30.9 Å². The third-order valence-corrected chi connectivity index (χ3v) is 4.73. The van der Waals surface area contributed by atoms with Crippen molar-refractivity contribution < 1.29 is 19.4 Å². The average Bonchev–Trinajstić information content (AvgIpc) is 3.31. The number of hydrogen-bond donors (Lipinski definition) is 2. The van der Waals surface area contributed by atoms with E-state index < -0.39 is 17.7 Å². The van der Waals surface area contributed by atoms with E-state index >= 15 is 0 Å². The van der Waals surface area contributed by atoms with Crippen LogP contribution < -0.4 is 10.1 Å². The number of amides is 3. The Morgan fingerprint density at radius 3 is 2.50 bits per heavy atom. The zero-order chi connectivity index (χ0) is 17.5. The van der Waals surface area contributed by atoms with Gasteiger partial charge in [0.25, 0.3) is 5.91 Å². The van der Waals surface area contributed by atoms with Crippen molar-refractivity contribution in [3.8, 4) is 5.75 Å². The molecule has 2 N–H and O–H groups in total. The topological polar surface area (TPSA) is 78.9 Å². The molecule has 2 aliphatic rings. The molecular weight excluding hydrogens is 308 g/mol. The summed E-state index contributed by atoms with van der Waals surface area (Å²) < 4.78 is 5.60. The van der Waals surface area contributed by atoms with E-state index in [1.807, 2.05) is 32.0 Å². The second-order valence-corrected chi connectivity index (χ2v) is 7.11. The van der Waals surface area contributed by atoms with Crippen LogP contribution in [-0.4, -0.2) is 46.7 Å². The van der Waals surface area contributed by atoms with Gasteiger partial charge in [-0.1, -0.05) is 6.07 Å². The molecule has 1 heterocycles. The van der Waals surface area contributed by atoms with Crippen LogP contribution >= 0.6 is 0 Å². The van der Waals surface area contributed by atoms with E-state index in [2.05, 4.69) is 5.32 Å². The molecule has 2 atom stereocenters. The predicted octanol–water partition coefficient (Wildman–Crippen LogP) is 1.76. The summed E-state index contributed by atoms with van der Waals surface area (Å²) in [5.74, 6) is 0.634.